The Morgan fingerprint density at radius 2 is 1.71 bits per heavy atom. The van der Waals surface area contributed by atoms with Crippen molar-refractivity contribution >= 4 is 17.6 Å². The number of nitrogens with one attached hydrogen (secondary N) is 2. The van der Waals surface area contributed by atoms with Crippen LogP contribution in [0.1, 0.15) is 42.0 Å². The number of esters is 1. The molecule has 0 aliphatic rings. The third kappa shape index (κ3) is 5.51. The Hall–Kier alpha value is -3.61. The van der Waals surface area contributed by atoms with Crippen LogP contribution in [0.2, 0.25) is 0 Å². The van der Waals surface area contributed by atoms with Gasteiger partial charge >= 0.3 is 5.97 Å². The van der Waals surface area contributed by atoms with Crippen molar-refractivity contribution in [1.29, 1.82) is 0 Å². The maximum absolute atomic E-state index is 12.6. The molecular formula is C24H27N3O4. The Bertz CT molecular complexity index is 1020. The third-order valence-corrected chi connectivity index (χ3v) is 4.87. The molecule has 0 saturated heterocycles. The molecule has 3 rings (SSSR count). The van der Waals surface area contributed by atoms with Gasteiger partial charge in [-0.15, -0.1) is 0 Å². The number of nitrogens with zero attached hydrogens (tertiary/aromatic N) is 1. The minimum Gasteiger partial charge on any atom is -0.494 e. The number of amides is 1. The van der Waals surface area contributed by atoms with Gasteiger partial charge in [0.05, 0.1) is 17.9 Å². The second kappa shape index (κ2) is 9.93. The van der Waals surface area contributed by atoms with E-state index in [1.54, 1.807) is 55.5 Å². The van der Waals surface area contributed by atoms with Gasteiger partial charge in [-0.1, -0.05) is 19.1 Å². The van der Waals surface area contributed by atoms with Gasteiger partial charge in [0.2, 0.25) is 0 Å². The van der Waals surface area contributed by atoms with E-state index in [2.05, 4.69) is 15.3 Å². The maximum Gasteiger partial charge on any atom is 0.338 e. The van der Waals surface area contributed by atoms with Crippen LogP contribution in [0.3, 0.4) is 0 Å². The van der Waals surface area contributed by atoms with Crippen molar-refractivity contribution in [3.8, 4) is 17.1 Å². The second-order valence-electron chi connectivity index (χ2n) is 7.12. The first-order valence-electron chi connectivity index (χ1n) is 10.3. The summed E-state index contributed by atoms with van der Waals surface area (Å²) in [5, 5.41) is 2.77. The lowest BCUT2D eigenvalue weighted by Gasteiger charge is -2.16. The van der Waals surface area contributed by atoms with Crippen molar-refractivity contribution in [2.75, 3.05) is 11.9 Å². The number of rotatable bonds is 8. The minimum absolute atomic E-state index is 0.359. The number of carbonyl (C=O) groups is 2. The molecule has 0 radical (unpaired) electrons. The summed E-state index contributed by atoms with van der Waals surface area (Å²) in [4.78, 5) is 32.8. The number of aromatic nitrogens is 2. The maximum atomic E-state index is 12.6. The highest BCUT2D eigenvalue weighted by atomic mass is 16.5. The topological polar surface area (TPSA) is 93.3 Å². The number of imidazole rings is 1. The number of anilines is 1. The standard InChI is InChI=1S/C24H27N3O4/c1-5-21(23(28)27-19-11-13-20(14-12-19)30-6-2)31-24(29)18-9-7-17(8-10-18)22-25-15(3)16(4)26-22/h7-14,21H,5-6H2,1-4H3,(H,25,26)(H,27,28). The molecule has 1 unspecified atom stereocenters. The fraction of sp³-hybridized carbons (Fsp3) is 0.292. The molecule has 1 atom stereocenters. The van der Waals surface area contributed by atoms with E-state index in [4.69, 9.17) is 9.47 Å². The first-order valence-corrected chi connectivity index (χ1v) is 10.3. The molecule has 2 aromatic carbocycles. The van der Waals surface area contributed by atoms with Gasteiger partial charge < -0.3 is 19.8 Å². The number of aryl methyl sites for hydroxylation is 2. The molecular weight excluding hydrogens is 394 g/mol. The molecule has 1 amide bonds. The lowest BCUT2D eigenvalue weighted by atomic mass is 10.1. The summed E-state index contributed by atoms with van der Waals surface area (Å²) in [5.74, 6) is 0.545. The number of hydrogen-bond donors (Lipinski definition) is 2. The normalized spacial score (nSPS) is 11.6. The number of benzene rings is 2. The number of hydrogen-bond acceptors (Lipinski definition) is 5. The highest BCUT2D eigenvalue weighted by molar-refractivity contribution is 5.97. The Balaban J connectivity index is 1.62. The zero-order chi connectivity index (χ0) is 22.4. The van der Waals surface area contributed by atoms with Gasteiger partial charge in [0.15, 0.2) is 6.10 Å². The first-order chi connectivity index (χ1) is 14.9. The van der Waals surface area contributed by atoms with Crippen LogP contribution in [0.15, 0.2) is 48.5 Å². The quantitative estimate of drug-likeness (QED) is 0.516. The lowest BCUT2D eigenvalue weighted by molar-refractivity contribution is -0.124. The smallest absolute Gasteiger partial charge is 0.338 e. The number of H-pyrrole nitrogens is 1. The summed E-state index contributed by atoms with van der Waals surface area (Å²) in [6.07, 6.45) is -0.536. The van der Waals surface area contributed by atoms with Gasteiger partial charge in [-0.05, 0) is 63.6 Å². The van der Waals surface area contributed by atoms with Crippen LogP contribution in [-0.4, -0.2) is 34.6 Å². The third-order valence-electron chi connectivity index (χ3n) is 4.87. The molecule has 0 spiro atoms. The summed E-state index contributed by atoms with van der Waals surface area (Å²) in [6, 6.07) is 14.0. The monoisotopic (exact) mass is 421 g/mol. The molecule has 162 valence electrons. The predicted octanol–water partition coefficient (Wildman–Crippen LogP) is 4.67. The van der Waals surface area contributed by atoms with Crippen LogP contribution in [0.5, 0.6) is 5.75 Å². The zero-order valence-electron chi connectivity index (χ0n) is 18.2. The van der Waals surface area contributed by atoms with Gasteiger partial charge in [0.1, 0.15) is 11.6 Å². The van der Waals surface area contributed by atoms with Gasteiger partial charge in [0, 0.05) is 16.9 Å². The van der Waals surface area contributed by atoms with Gasteiger partial charge in [0.25, 0.3) is 5.91 Å². The SMILES string of the molecule is CCOc1ccc(NC(=O)C(CC)OC(=O)c2ccc(-c3nc(C)c(C)[nH]3)cc2)cc1. The van der Waals surface area contributed by atoms with Crippen molar-refractivity contribution in [2.45, 2.75) is 40.2 Å². The zero-order valence-corrected chi connectivity index (χ0v) is 18.2. The van der Waals surface area contributed by atoms with Crippen molar-refractivity contribution in [3.05, 3.63) is 65.5 Å². The van der Waals surface area contributed by atoms with E-state index < -0.39 is 12.1 Å². The minimum atomic E-state index is -0.894. The highest BCUT2D eigenvalue weighted by Gasteiger charge is 2.22. The molecule has 1 heterocycles. The van der Waals surface area contributed by atoms with E-state index >= 15 is 0 Å². The highest BCUT2D eigenvalue weighted by Crippen LogP contribution is 2.20. The van der Waals surface area contributed by atoms with E-state index in [-0.39, 0.29) is 5.91 Å². The summed E-state index contributed by atoms with van der Waals surface area (Å²) < 4.78 is 10.8. The van der Waals surface area contributed by atoms with Crippen molar-refractivity contribution in [1.82, 2.24) is 9.97 Å². The van der Waals surface area contributed by atoms with Crippen molar-refractivity contribution in [3.63, 3.8) is 0 Å². The van der Waals surface area contributed by atoms with Crippen LogP contribution >= 0.6 is 0 Å². The summed E-state index contributed by atoms with van der Waals surface area (Å²) >= 11 is 0. The van der Waals surface area contributed by atoms with Gasteiger partial charge in [-0.2, -0.15) is 0 Å². The molecule has 0 fully saturated rings. The number of carbonyl (C=O) groups excluding carboxylic acids is 2. The molecule has 1 aromatic heterocycles. The van der Waals surface area contributed by atoms with Crippen LogP contribution in [-0.2, 0) is 9.53 Å². The second-order valence-corrected chi connectivity index (χ2v) is 7.12. The largest absolute Gasteiger partial charge is 0.494 e. The van der Waals surface area contributed by atoms with E-state index in [0.29, 0.717) is 24.3 Å². The number of ether oxygens (including phenoxy) is 2. The fourth-order valence-electron chi connectivity index (χ4n) is 2.99. The lowest BCUT2D eigenvalue weighted by Crippen LogP contribution is -2.32. The molecule has 0 saturated carbocycles. The molecule has 31 heavy (non-hydrogen) atoms. The van der Waals surface area contributed by atoms with Crippen LogP contribution < -0.4 is 10.1 Å². The predicted molar refractivity (Wildman–Crippen MR) is 119 cm³/mol. The molecule has 7 nitrogen and oxygen atoms in total. The molecule has 0 aliphatic heterocycles. The van der Waals surface area contributed by atoms with Crippen LogP contribution in [0.25, 0.3) is 11.4 Å². The van der Waals surface area contributed by atoms with E-state index in [1.807, 2.05) is 20.8 Å². The Morgan fingerprint density at radius 3 is 2.26 bits per heavy atom. The first kappa shape index (κ1) is 22.1. The van der Waals surface area contributed by atoms with Crippen LogP contribution in [0, 0.1) is 13.8 Å². The van der Waals surface area contributed by atoms with E-state index in [9.17, 15) is 9.59 Å². The molecule has 2 N–H and O–H groups in total. The van der Waals surface area contributed by atoms with Gasteiger partial charge in [-0.3, -0.25) is 4.79 Å². The molecule has 3 aromatic rings. The average molecular weight is 421 g/mol. The molecule has 7 heteroatoms. The van der Waals surface area contributed by atoms with E-state index in [1.165, 1.54) is 0 Å². The van der Waals surface area contributed by atoms with Crippen LogP contribution in [0.4, 0.5) is 5.69 Å². The Morgan fingerprint density at radius 1 is 1.03 bits per heavy atom. The summed E-state index contributed by atoms with van der Waals surface area (Å²) in [7, 11) is 0. The number of aromatic amines is 1. The molecule has 0 aliphatic carbocycles. The summed E-state index contributed by atoms with van der Waals surface area (Å²) in [6.45, 7) is 8.16. The fourth-order valence-corrected chi connectivity index (χ4v) is 2.99. The Labute approximate surface area is 181 Å². The average Bonchev–Trinajstić information content (AvgIpc) is 3.11. The molecule has 0 bridgehead atoms. The van der Waals surface area contributed by atoms with Crippen molar-refractivity contribution < 1.29 is 19.1 Å². The summed E-state index contributed by atoms with van der Waals surface area (Å²) in [5.41, 5.74) is 3.78. The van der Waals surface area contributed by atoms with Gasteiger partial charge in [-0.25, -0.2) is 9.78 Å². The van der Waals surface area contributed by atoms with E-state index in [0.717, 1.165) is 28.5 Å². The Kier molecular flexibility index (Phi) is 7.07. The van der Waals surface area contributed by atoms with Crippen molar-refractivity contribution in [2.24, 2.45) is 0 Å².